The van der Waals surface area contributed by atoms with Gasteiger partial charge in [0.15, 0.2) is 5.78 Å². The van der Waals surface area contributed by atoms with Crippen molar-refractivity contribution in [2.24, 2.45) is 0 Å². The van der Waals surface area contributed by atoms with Crippen molar-refractivity contribution in [2.45, 2.75) is 26.0 Å². The van der Waals surface area contributed by atoms with Crippen LogP contribution in [0.25, 0.3) is 10.9 Å². The van der Waals surface area contributed by atoms with Crippen molar-refractivity contribution in [1.29, 1.82) is 0 Å². The Morgan fingerprint density at radius 3 is 2.64 bits per heavy atom. The highest BCUT2D eigenvalue weighted by Crippen LogP contribution is 2.15. The van der Waals surface area contributed by atoms with Crippen LogP contribution in [-0.2, 0) is 25.7 Å². The molecular weight excluding hydrogens is 284 g/mol. The molecule has 2 aromatic rings. The van der Waals surface area contributed by atoms with Crippen LogP contribution in [0, 0.1) is 0 Å². The van der Waals surface area contributed by atoms with Gasteiger partial charge >= 0.3 is 5.97 Å². The number of carbonyl (C=O) groups is 3. The van der Waals surface area contributed by atoms with Crippen molar-refractivity contribution in [1.82, 2.24) is 9.88 Å². The maximum absolute atomic E-state index is 11.8. The number of amides is 1. The number of likely N-dealkylation sites (N-methyl/N-ethyl adjacent to an activating group) is 1. The SMILES string of the molecule is CNC(=O)C(OC(=O)CCn1ccc2ccccc21)C(C)=O. The summed E-state index contributed by atoms with van der Waals surface area (Å²) in [4.78, 5) is 34.7. The van der Waals surface area contributed by atoms with Gasteiger partial charge in [-0.2, -0.15) is 0 Å². The molecule has 1 unspecified atom stereocenters. The van der Waals surface area contributed by atoms with Gasteiger partial charge in [-0.15, -0.1) is 0 Å². The van der Waals surface area contributed by atoms with Crippen LogP contribution in [0.1, 0.15) is 13.3 Å². The Morgan fingerprint density at radius 1 is 1.23 bits per heavy atom. The van der Waals surface area contributed by atoms with Crippen LogP contribution in [0.3, 0.4) is 0 Å². The topological polar surface area (TPSA) is 77.4 Å². The Balaban J connectivity index is 1.97. The first kappa shape index (κ1) is 15.8. The predicted octanol–water partition coefficient (Wildman–Crippen LogP) is 1.28. The molecule has 22 heavy (non-hydrogen) atoms. The van der Waals surface area contributed by atoms with E-state index in [1.54, 1.807) is 0 Å². The molecule has 0 bridgehead atoms. The third-order valence-electron chi connectivity index (χ3n) is 3.34. The first-order valence-electron chi connectivity index (χ1n) is 6.98. The molecule has 0 aliphatic heterocycles. The molecule has 1 aromatic heterocycles. The molecule has 116 valence electrons. The lowest BCUT2D eigenvalue weighted by Gasteiger charge is -2.13. The van der Waals surface area contributed by atoms with Crippen molar-refractivity contribution >= 4 is 28.6 Å². The minimum absolute atomic E-state index is 0.0828. The van der Waals surface area contributed by atoms with Crippen LogP contribution in [0.15, 0.2) is 36.5 Å². The maximum Gasteiger partial charge on any atom is 0.308 e. The monoisotopic (exact) mass is 302 g/mol. The maximum atomic E-state index is 11.8. The molecule has 0 radical (unpaired) electrons. The predicted molar refractivity (Wildman–Crippen MR) is 81.2 cm³/mol. The van der Waals surface area contributed by atoms with E-state index in [0.29, 0.717) is 6.54 Å². The molecule has 6 nitrogen and oxygen atoms in total. The number of rotatable bonds is 6. The third-order valence-corrected chi connectivity index (χ3v) is 3.34. The number of ketones is 1. The second-order valence-electron chi connectivity index (χ2n) is 4.91. The number of ether oxygens (including phenoxy) is 1. The van der Waals surface area contributed by atoms with Gasteiger partial charge in [0, 0.05) is 25.3 Å². The van der Waals surface area contributed by atoms with Gasteiger partial charge in [0.25, 0.3) is 5.91 Å². The summed E-state index contributed by atoms with van der Waals surface area (Å²) < 4.78 is 6.89. The molecule has 0 saturated heterocycles. The summed E-state index contributed by atoms with van der Waals surface area (Å²) in [6.45, 7) is 1.64. The lowest BCUT2D eigenvalue weighted by Crippen LogP contribution is -2.40. The smallest absolute Gasteiger partial charge is 0.308 e. The summed E-state index contributed by atoms with van der Waals surface area (Å²) in [7, 11) is 1.39. The molecule has 1 N–H and O–H groups in total. The van der Waals surface area contributed by atoms with E-state index < -0.39 is 23.8 Å². The quantitative estimate of drug-likeness (QED) is 0.644. The van der Waals surface area contributed by atoms with Crippen molar-refractivity contribution in [2.75, 3.05) is 7.05 Å². The average Bonchev–Trinajstić information content (AvgIpc) is 2.93. The molecule has 0 fully saturated rings. The summed E-state index contributed by atoms with van der Waals surface area (Å²) in [5.74, 6) is -1.70. The highest BCUT2D eigenvalue weighted by atomic mass is 16.6. The van der Waals surface area contributed by atoms with E-state index in [9.17, 15) is 14.4 Å². The number of benzene rings is 1. The Kier molecular flexibility index (Phi) is 4.93. The molecule has 0 saturated carbocycles. The Morgan fingerprint density at radius 2 is 1.95 bits per heavy atom. The summed E-state index contributed by atoms with van der Waals surface area (Å²) in [6.07, 6.45) is 0.595. The highest BCUT2D eigenvalue weighted by Gasteiger charge is 2.26. The van der Waals surface area contributed by atoms with Crippen LogP contribution in [0.4, 0.5) is 0 Å². The fraction of sp³-hybridized carbons (Fsp3) is 0.312. The van der Waals surface area contributed by atoms with Gasteiger partial charge in [-0.3, -0.25) is 14.4 Å². The Bertz CT molecular complexity index is 705. The number of nitrogens with one attached hydrogen (secondary N) is 1. The van der Waals surface area contributed by atoms with Crippen LogP contribution in [0.5, 0.6) is 0 Å². The summed E-state index contributed by atoms with van der Waals surface area (Å²) >= 11 is 0. The minimum atomic E-state index is -1.38. The molecule has 1 amide bonds. The van der Waals surface area contributed by atoms with Gasteiger partial charge in [0.05, 0.1) is 6.42 Å². The van der Waals surface area contributed by atoms with Gasteiger partial charge in [0.2, 0.25) is 6.10 Å². The lowest BCUT2D eigenvalue weighted by molar-refractivity contribution is -0.160. The largest absolute Gasteiger partial charge is 0.444 e. The Labute approximate surface area is 128 Å². The highest BCUT2D eigenvalue weighted by molar-refractivity contribution is 6.04. The number of fused-ring (bicyclic) bond motifs is 1. The standard InChI is InChI=1S/C16H18N2O4/c1-11(19)15(16(21)17-2)22-14(20)8-10-18-9-7-12-5-3-4-6-13(12)18/h3-7,9,15H,8,10H2,1-2H3,(H,17,21). The van der Waals surface area contributed by atoms with Crippen molar-refractivity contribution in [3.63, 3.8) is 0 Å². The van der Waals surface area contributed by atoms with E-state index in [2.05, 4.69) is 5.32 Å². The number of Topliss-reactive ketones (excluding diaryl/α,β-unsaturated/α-hetero) is 1. The number of para-hydroxylation sites is 1. The first-order valence-corrected chi connectivity index (χ1v) is 6.98. The van der Waals surface area contributed by atoms with Gasteiger partial charge in [-0.25, -0.2) is 0 Å². The number of aryl methyl sites for hydroxylation is 1. The van der Waals surface area contributed by atoms with Crippen LogP contribution in [0.2, 0.25) is 0 Å². The molecular formula is C16H18N2O4. The van der Waals surface area contributed by atoms with Gasteiger partial charge in [-0.05, 0) is 24.4 Å². The van der Waals surface area contributed by atoms with Crippen LogP contribution < -0.4 is 5.32 Å². The molecule has 1 aromatic carbocycles. The van der Waals surface area contributed by atoms with E-state index in [4.69, 9.17) is 4.74 Å². The number of hydrogen-bond donors (Lipinski definition) is 1. The number of hydrogen-bond acceptors (Lipinski definition) is 4. The Hall–Kier alpha value is -2.63. The zero-order chi connectivity index (χ0) is 16.1. The normalized spacial score (nSPS) is 11.9. The van der Waals surface area contributed by atoms with Gasteiger partial charge in [0.1, 0.15) is 0 Å². The lowest BCUT2D eigenvalue weighted by atomic mass is 10.2. The average molecular weight is 302 g/mol. The number of aromatic nitrogens is 1. The van der Waals surface area contributed by atoms with Crippen molar-refractivity contribution in [3.05, 3.63) is 36.5 Å². The van der Waals surface area contributed by atoms with Crippen LogP contribution in [-0.4, -0.2) is 35.4 Å². The molecule has 2 rings (SSSR count). The van der Waals surface area contributed by atoms with E-state index in [-0.39, 0.29) is 6.42 Å². The molecule has 6 heteroatoms. The summed E-state index contributed by atoms with van der Waals surface area (Å²) in [6, 6.07) is 9.78. The molecule has 0 spiro atoms. The van der Waals surface area contributed by atoms with E-state index >= 15 is 0 Å². The summed E-state index contributed by atoms with van der Waals surface area (Å²) in [5.41, 5.74) is 1.02. The number of nitrogens with zero attached hydrogens (tertiary/aromatic N) is 1. The number of carbonyl (C=O) groups excluding carboxylic acids is 3. The zero-order valence-corrected chi connectivity index (χ0v) is 12.5. The van der Waals surface area contributed by atoms with E-state index in [0.717, 1.165) is 10.9 Å². The second kappa shape index (κ2) is 6.89. The fourth-order valence-corrected chi connectivity index (χ4v) is 2.19. The minimum Gasteiger partial charge on any atom is -0.444 e. The van der Waals surface area contributed by atoms with E-state index in [1.807, 2.05) is 41.1 Å². The summed E-state index contributed by atoms with van der Waals surface area (Å²) in [5, 5.41) is 3.39. The fourth-order valence-electron chi connectivity index (χ4n) is 2.19. The molecule has 1 atom stereocenters. The third kappa shape index (κ3) is 3.52. The van der Waals surface area contributed by atoms with Crippen LogP contribution >= 0.6 is 0 Å². The molecule has 0 aliphatic carbocycles. The van der Waals surface area contributed by atoms with Gasteiger partial charge in [-0.1, -0.05) is 18.2 Å². The van der Waals surface area contributed by atoms with Gasteiger partial charge < -0.3 is 14.6 Å². The first-order chi connectivity index (χ1) is 10.5. The zero-order valence-electron chi connectivity index (χ0n) is 12.5. The number of esters is 1. The van der Waals surface area contributed by atoms with Crippen molar-refractivity contribution in [3.8, 4) is 0 Å². The molecule has 0 aliphatic rings. The van der Waals surface area contributed by atoms with E-state index in [1.165, 1.54) is 14.0 Å². The van der Waals surface area contributed by atoms with Crippen molar-refractivity contribution < 1.29 is 19.1 Å². The molecule has 1 heterocycles. The second-order valence-corrected chi connectivity index (χ2v) is 4.91.